The van der Waals surface area contributed by atoms with E-state index in [1.807, 2.05) is 20.8 Å². The van der Waals surface area contributed by atoms with Crippen LogP contribution in [0.5, 0.6) is 6.01 Å². The molecule has 102 valence electrons. The molecule has 1 rings (SSSR count). The Morgan fingerprint density at radius 1 is 1.33 bits per heavy atom. The van der Waals surface area contributed by atoms with Gasteiger partial charge in [0.2, 0.25) is 11.9 Å². The lowest BCUT2D eigenvalue weighted by Crippen LogP contribution is -2.33. The van der Waals surface area contributed by atoms with Crippen molar-refractivity contribution < 1.29 is 9.84 Å². The minimum Gasteiger partial charge on any atom is -0.463 e. The maximum atomic E-state index is 8.96. The number of aliphatic hydroxyl groups excluding tert-OH is 1. The summed E-state index contributed by atoms with van der Waals surface area (Å²) in [6.07, 6.45) is 1.44. The number of aliphatic hydroxyl groups is 1. The molecule has 7 heteroatoms. The SMILES string of the molecule is CCCOc1nc(N)nc(NC(C)(C)CCO)n1. The van der Waals surface area contributed by atoms with Crippen molar-refractivity contribution >= 4 is 11.9 Å². The molecule has 0 aromatic carbocycles. The first-order valence-corrected chi connectivity index (χ1v) is 6.00. The Bertz CT molecular complexity index is 384. The molecule has 0 aliphatic rings. The van der Waals surface area contributed by atoms with E-state index in [1.54, 1.807) is 0 Å². The van der Waals surface area contributed by atoms with Gasteiger partial charge in [-0.3, -0.25) is 0 Å². The second-order valence-corrected chi connectivity index (χ2v) is 4.63. The van der Waals surface area contributed by atoms with Crippen LogP contribution in [0.2, 0.25) is 0 Å². The van der Waals surface area contributed by atoms with Crippen LogP contribution in [-0.2, 0) is 0 Å². The monoisotopic (exact) mass is 255 g/mol. The molecule has 0 saturated heterocycles. The minimum atomic E-state index is -0.329. The molecule has 0 spiro atoms. The molecule has 1 aromatic rings. The largest absolute Gasteiger partial charge is 0.463 e. The van der Waals surface area contributed by atoms with Crippen LogP contribution in [0.25, 0.3) is 0 Å². The van der Waals surface area contributed by atoms with Gasteiger partial charge in [0.05, 0.1) is 6.61 Å². The van der Waals surface area contributed by atoms with E-state index in [-0.39, 0.29) is 24.1 Å². The van der Waals surface area contributed by atoms with Gasteiger partial charge in [-0.2, -0.15) is 15.0 Å². The summed E-state index contributed by atoms with van der Waals surface area (Å²) in [5, 5.41) is 12.1. The smallest absolute Gasteiger partial charge is 0.323 e. The lowest BCUT2D eigenvalue weighted by atomic mass is 10.0. The Kier molecular flexibility index (Phi) is 5.08. The predicted octanol–water partition coefficient (Wildman–Crippen LogP) is 0.815. The Morgan fingerprint density at radius 2 is 2.06 bits per heavy atom. The van der Waals surface area contributed by atoms with Crippen molar-refractivity contribution in [3.63, 3.8) is 0 Å². The van der Waals surface area contributed by atoms with Crippen molar-refractivity contribution in [3.8, 4) is 6.01 Å². The number of hydrogen-bond acceptors (Lipinski definition) is 7. The van der Waals surface area contributed by atoms with Crippen LogP contribution in [-0.4, -0.2) is 38.8 Å². The maximum Gasteiger partial charge on any atom is 0.323 e. The van der Waals surface area contributed by atoms with E-state index in [2.05, 4.69) is 20.3 Å². The van der Waals surface area contributed by atoms with Gasteiger partial charge in [0, 0.05) is 12.1 Å². The molecular formula is C11H21N5O2. The summed E-state index contributed by atoms with van der Waals surface area (Å²) in [6, 6.07) is 0.214. The van der Waals surface area contributed by atoms with E-state index < -0.39 is 0 Å². The third kappa shape index (κ3) is 4.70. The number of ether oxygens (including phenoxy) is 1. The van der Waals surface area contributed by atoms with Gasteiger partial charge in [0.25, 0.3) is 0 Å². The third-order valence-electron chi connectivity index (χ3n) is 2.25. The van der Waals surface area contributed by atoms with Gasteiger partial charge >= 0.3 is 6.01 Å². The van der Waals surface area contributed by atoms with Gasteiger partial charge < -0.3 is 20.9 Å². The number of hydrogen-bond donors (Lipinski definition) is 3. The summed E-state index contributed by atoms with van der Waals surface area (Å²) in [6.45, 7) is 6.49. The average molecular weight is 255 g/mol. The topological polar surface area (TPSA) is 106 Å². The number of aromatic nitrogens is 3. The van der Waals surface area contributed by atoms with Crippen LogP contribution < -0.4 is 15.8 Å². The molecule has 0 atom stereocenters. The van der Waals surface area contributed by atoms with E-state index >= 15 is 0 Å². The van der Waals surface area contributed by atoms with Crippen molar-refractivity contribution in [2.75, 3.05) is 24.3 Å². The van der Waals surface area contributed by atoms with Gasteiger partial charge in [0.15, 0.2) is 0 Å². The quantitative estimate of drug-likeness (QED) is 0.662. The van der Waals surface area contributed by atoms with Crippen LogP contribution >= 0.6 is 0 Å². The normalized spacial score (nSPS) is 11.3. The predicted molar refractivity (Wildman–Crippen MR) is 69.4 cm³/mol. The molecule has 18 heavy (non-hydrogen) atoms. The number of anilines is 2. The van der Waals surface area contributed by atoms with E-state index in [1.165, 1.54) is 0 Å². The van der Waals surface area contributed by atoms with E-state index in [9.17, 15) is 0 Å². The highest BCUT2D eigenvalue weighted by atomic mass is 16.5. The second-order valence-electron chi connectivity index (χ2n) is 4.63. The number of nitrogens with zero attached hydrogens (tertiary/aromatic N) is 3. The highest BCUT2D eigenvalue weighted by Crippen LogP contribution is 2.16. The molecule has 4 N–H and O–H groups in total. The van der Waals surface area contributed by atoms with Crippen LogP contribution in [0.15, 0.2) is 0 Å². The fraction of sp³-hybridized carbons (Fsp3) is 0.727. The van der Waals surface area contributed by atoms with Crippen molar-refractivity contribution in [2.45, 2.75) is 39.2 Å². The van der Waals surface area contributed by atoms with E-state index in [0.717, 1.165) is 6.42 Å². The highest BCUT2D eigenvalue weighted by Gasteiger charge is 2.19. The van der Waals surface area contributed by atoms with Gasteiger partial charge in [-0.25, -0.2) is 0 Å². The zero-order valence-corrected chi connectivity index (χ0v) is 11.1. The first-order chi connectivity index (χ1) is 8.46. The molecule has 0 aliphatic carbocycles. The van der Waals surface area contributed by atoms with Gasteiger partial charge in [-0.15, -0.1) is 0 Å². The number of nitrogens with one attached hydrogen (secondary N) is 1. The summed E-state index contributed by atoms with van der Waals surface area (Å²) in [4.78, 5) is 12.0. The van der Waals surface area contributed by atoms with Gasteiger partial charge in [-0.1, -0.05) is 6.92 Å². The fourth-order valence-electron chi connectivity index (χ4n) is 1.33. The van der Waals surface area contributed by atoms with Crippen molar-refractivity contribution in [3.05, 3.63) is 0 Å². The van der Waals surface area contributed by atoms with E-state index in [4.69, 9.17) is 15.6 Å². The molecule has 0 bridgehead atoms. The zero-order valence-electron chi connectivity index (χ0n) is 11.1. The van der Waals surface area contributed by atoms with Crippen molar-refractivity contribution in [1.29, 1.82) is 0 Å². The fourth-order valence-corrected chi connectivity index (χ4v) is 1.33. The van der Waals surface area contributed by atoms with E-state index in [0.29, 0.717) is 19.0 Å². The van der Waals surface area contributed by atoms with Gasteiger partial charge in [0.1, 0.15) is 0 Å². The summed E-state index contributed by atoms with van der Waals surface area (Å²) in [5.41, 5.74) is 5.26. The molecule has 0 radical (unpaired) electrons. The molecule has 0 unspecified atom stereocenters. The first kappa shape index (κ1) is 14.4. The van der Waals surface area contributed by atoms with Gasteiger partial charge in [-0.05, 0) is 26.7 Å². The minimum absolute atomic E-state index is 0.0831. The summed E-state index contributed by atoms with van der Waals surface area (Å²) >= 11 is 0. The molecule has 0 aliphatic heterocycles. The van der Waals surface area contributed by atoms with Crippen LogP contribution in [0.3, 0.4) is 0 Å². The zero-order chi connectivity index (χ0) is 13.6. The molecule has 7 nitrogen and oxygen atoms in total. The standard InChI is InChI=1S/C11H21N5O2/c1-4-7-18-10-14-8(12)13-9(15-10)16-11(2,3)5-6-17/h17H,4-7H2,1-3H3,(H3,12,13,14,15,16). The lowest BCUT2D eigenvalue weighted by Gasteiger charge is -2.25. The summed E-state index contributed by atoms with van der Waals surface area (Å²) in [7, 11) is 0. The van der Waals surface area contributed by atoms with Crippen LogP contribution in [0, 0.1) is 0 Å². The maximum absolute atomic E-state index is 8.96. The number of nitrogens with two attached hydrogens (primary N) is 1. The summed E-state index contributed by atoms with van der Waals surface area (Å²) < 4.78 is 5.32. The summed E-state index contributed by atoms with van der Waals surface area (Å²) in [5.74, 6) is 0.463. The van der Waals surface area contributed by atoms with Crippen molar-refractivity contribution in [1.82, 2.24) is 15.0 Å². The Labute approximate surface area is 107 Å². The molecule has 1 heterocycles. The molecule has 1 aromatic heterocycles. The highest BCUT2D eigenvalue weighted by molar-refractivity contribution is 5.34. The van der Waals surface area contributed by atoms with Crippen LogP contribution in [0.1, 0.15) is 33.6 Å². The lowest BCUT2D eigenvalue weighted by molar-refractivity contribution is 0.260. The Balaban J connectivity index is 2.79. The first-order valence-electron chi connectivity index (χ1n) is 6.00. The molecule has 0 fully saturated rings. The number of rotatable bonds is 7. The molecule has 0 amide bonds. The molecular weight excluding hydrogens is 234 g/mol. The van der Waals surface area contributed by atoms with Crippen molar-refractivity contribution in [2.24, 2.45) is 0 Å². The third-order valence-corrected chi connectivity index (χ3v) is 2.25. The molecule has 0 saturated carbocycles. The Morgan fingerprint density at radius 3 is 2.67 bits per heavy atom. The van der Waals surface area contributed by atoms with Crippen LogP contribution in [0.4, 0.5) is 11.9 Å². The Hall–Kier alpha value is -1.63. The number of nitrogen functional groups attached to an aromatic ring is 1. The average Bonchev–Trinajstić information content (AvgIpc) is 2.24. The second kappa shape index (κ2) is 6.34.